The lowest BCUT2D eigenvalue weighted by atomic mass is 10.0. The second-order valence-corrected chi connectivity index (χ2v) is 5.45. The van der Waals surface area contributed by atoms with Gasteiger partial charge in [-0.2, -0.15) is 0 Å². The number of hydrogen-bond donors (Lipinski definition) is 2. The van der Waals surface area contributed by atoms with Crippen molar-refractivity contribution in [3.63, 3.8) is 0 Å². The first-order valence-electron chi connectivity index (χ1n) is 6.67. The Kier molecular flexibility index (Phi) is 3.85. The van der Waals surface area contributed by atoms with Gasteiger partial charge in [0.2, 0.25) is 5.91 Å². The van der Waals surface area contributed by atoms with E-state index in [0.717, 1.165) is 25.7 Å². The summed E-state index contributed by atoms with van der Waals surface area (Å²) in [6.45, 7) is 2.01. The van der Waals surface area contributed by atoms with Crippen LogP contribution in [0.25, 0.3) is 0 Å². The van der Waals surface area contributed by atoms with E-state index in [1.54, 1.807) is 0 Å². The Balaban J connectivity index is 1.83. The normalized spacial score (nSPS) is 32.9. The molecule has 3 nitrogen and oxygen atoms in total. The Bertz CT molecular complexity index is 250. The molecule has 2 aliphatic carbocycles. The number of aliphatic hydroxyl groups excluding tert-OH is 1. The van der Waals surface area contributed by atoms with Crippen molar-refractivity contribution in [2.24, 2.45) is 11.8 Å². The summed E-state index contributed by atoms with van der Waals surface area (Å²) >= 11 is 0. The van der Waals surface area contributed by atoms with Crippen LogP contribution >= 0.6 is 0 Å². The van der Waals surface area contributed by atoms with E-state index in [2.05, 4.69) is 5.32 Å². The standard InChI is InChI=1S/C13H23NO2/c1-9(10-7-8-10)13(16)14-11-5-3-2-4-6-12(11)15/h9-12,15H,2-8H2,1H3,(H,14,16). The van der Waals surface area contributed by atoms with Gasteiger partial charge in [-0.25, -0.2) is 0 Å². The molecule has 3 atom stereocenters. The highest BCUT2D eigenvalue weighted by atomic mass is 16.3. The molecular formula is C13H23NO2. The fourth-order valence-corrected chi connectivity index (χ4v) is 2.58. The summed E-state index contributed by atoms with van der Waals surface area (Å²) in [6.07, 6.45) is 7.22. The first-order chi connectivity index (χ1) is 7.68. The largest absolute Gasteiger partial charge is 0.391 e. The van der Waals surface area contributed by atoms with Crippen molar-refractivity contribution in [3.05, 3.63) is 0 Å². The van der Waals surface area contributed by atoms with Crippen molar-refractivity contribution in [1.29, 1.82) is 0 Å². The Morgan fingerprint density at radius 1 is 1.19 bits per heavy atom. The SMILES string of the molecule is CC(C(=O)NC1CCCCCC1O)C1CC1. The number of carbonyl (C=O) groups is 1. The van der Waals surface area contributed by atoms with Crippen molar-refractivity contribution in [1.82, 2.24) is 5.32 Å². The maximum atomic E-state index is 11.9. The first kappa shape index (κ1) is 11.9. The number of amides is 1. The molecule has 0 aromatic carbocycles. The van der Waals surface area contributed by atoms with Crippen LogP contribution in [0.5, 0.6) is 0 Å². The number of aliphatic hydroxyl groups is 1. The molecule has 0 heterocycles. The van der Waals surface area contributed by atoms with E-state index in [0.29, 0.717) is 5.92 Å². The Labute approximate surface area is 97.6 Å². The molecule has 2 saturated carbocycles. The molecule has 0 bridgehead atoms. The number of rotatable bonds is 3. The molecule has 1 amide bonds. The quantitative estimate of drug-likeness (QED) is 0.720. The van der Waals surface area contributed by atoms with E-state index in [1.807, 2.05) is 6.92 Å². The van der Waals surface area contributed by atoms with Gasteiger partial charge in [0, 0.05) is 5.92 Å². The molecule has 0 saturated heterocycles. The van der Waals surface area contributed by atoms with Gasteiger partial charge in [0.25, 0.3) is 0 Å². The lowest BCUT2D eigenvalue weighted by molar-refractivity contribution is -0.126. The van der Waals surface area contributed by atoms with Crippen LogP contribution < -0.4 is 5.32 Å². The van der Waals surface area contributed by atoms with E-state index in [4.69, 9.17) is 0 Å². The van der Waals surface area contributed by atoms with Crippen molar-refractivity contribution < 1.29 is 9.90 Å². The third-order valence-corrected chi connectivity index (χ3v) is 4.05. The van der Waals surface area contributed by atoms with Crippen molar-refractivity contribution >= 4 is 5.91 Å². The van der Waals surface area contributed by atoms with Crippen LogP contribution in [-0.4, -0.2) is 23.2 Å². The molecule has 92 valence electrons. The molecular weight excluding hydrogens is 202 g/mol. The maximum absolute atomic E-state index is 11.9. The molecule has 0 aromatic heterocycles. The molecule has 16 heavy (non-hydrogen) atoms. The van der Waals surface area contributed by atoms with E-state index in [1.165, 1.54) is 19.3 Å². The summed E-state index contributed by atoms with van der Waals surface area (Å²) in [4.78, 5) is 11.9. The summed E-state index contributed by atoms with van der Waals surface area (Å²) in [5, 5.41) is 13.0. The summed E-state index contributed by atoms with van der Waals surface area (Å²) in [6, 6.07) is -0.00352. The predicted octanol–water partition coefficient (Wildman–Crippen LogP) is 1.84. The molecule has 2 aliphatic rings. The maximum Gasteiger partial charge on any atom is 0.223 e. The molecule has 0 spiro atoms. The average Bonchev–Trinajstić information content (AvgIpc) is 3.07. The molecule has 2 N–H and O–H groups in total. The number of carbonyl (C=O) groups excluding carboxylic acids is 1. The average molecular weight is 225 g/mol. The summed E-state index contributed by atoms with van der Waals surface area (Å²) in [5.74, 6) is 0.881. The van der Waals surface area contributed by atoms with Gasteiger partial charge in [0.15, 0.2) is 0 Å². The number of hydrogen-bond acceptors (Lipinski definition) is 2. The highest BCUT2D eigenvalue weighted by molar-refractivity contribution is 5.79. The fourth-order valence-electron chi connectivity index (χ4n) is 2.58. The Hall–Kier alpha value is -0.570. The minimum absolute atomic E-state index is 0.00352. The van der Waals surface area contributed by atoms with Crippen LogP contribution in [0.15, 0.2) is 0 Å². The second-order valence-electron chi connectivity index (χ2n) is 5.45. The molecule has 3 unspecified atom stereocenters. The third-order valence-electron chi connectivity index (χ3n) is 4.05. The fraction of sp³-hybridized carbons (Fsp3) is 0.923. The van der Waals surface area contributed by atoms with Gasteiger partial charge in [-0.15, -0.1) is 0 Å². The van der Waals surface area contributed by atoms with Gasteiger partial charge in [0.1, 0.15) is 0 Å². The van der Waals surface area contributed by atoms with Gasteiger partial charge in [-0.1, -0.05) is 26.2 Å². The summed E-state index contributed by atoms with van der Waals surface area (Å²) in [7, 11) is 0. The highest BCUT2D eigenvalue weighted by Gasteiger charge is 2.34. The molecule has 2 fully saturated rings. The van der Waals surface area contributed by atoms with Gasteiger partial charge >= 0.3 is 0 Å². The minimum atomic E-state index is -0.335. The van der Waals surface area contributed by atoms with E-state index >= 15 is 0 Å². The predicted molar refractivity (Wildman–Crippen MR) is 62.9 cm³/mol. The van der Waals surface area contributed by atoms with Crippen LogP contribution in [0.2, 0.25) is 0 Å². The first-order valence-corrected chi connectivity index (χ1v) is 6.67. The van der Waals surface area contributed by atoms with Crippen LogP contribution in [0, 0.1) is 11.8 Å². The monoisotopic (exact) mass is 225 g/mol. The summed E-state index contributed by atoms with van der Waals surface area (Å²) in [5.41, 5.74) is 0. The zero-order valence-electron chi connectivity index (χ0n) is 10.1. The van der Waals surface area contributed by atoms with Crippen LogP contribution in [0.4, 0.5) is 0 Å². The molecule has 0 aromatic rings. The zero-order valence-corrected chi connectivity index (χ0v) is 10.1. The van der Waals surface area contributed by atoms with Crippen molar-refractivity contribution in [2.75, 3.05) is 0 Å². The molecule has 0 radical (unpaired) electrons. The van der Waals surface area contributed by atoms with Gasteiger partial charge in [0.05, 0.1) is 12.1 Å². The molecule has 3 heteroatoms. The van der Waals surface area contributed by atoms with E-state index in [-0.39, 0.29) is 24.0 Å². The van der Waals surface area contributed by atoms with Crippen molar-refractivity contribution in [2.45, 2.75) is 64.0 Å². The Morgan fingerprint density at radius 2 is 1.88 bits per heavy atom. The topological polar surface area (TPSA) is 49.3 Å². The second kappa shape index (κ2) is 5.17. The van der Waals surface area contributed by atoms with Crippen LogP contribution in [0.3, 0.4) is 0 Å². The van der Waals surface area contributed by atoms with E-state index in [9.17, 15) is 9.90 Å². The Morgan fingerprint density at radius 3 is 2.56 bits per heavy atom. The van der Waals surface area contributed by atoms with E-state index < -0.39 is 0 Å². The zero-order chi connectivity index (χ0) is 11.5. The lowest BCUT2D eigenvalue weighted by Gasteiger charge is -2.23. The van der Waals surface area contributed by atoms with Crippen LogP contribution in [0.1, 0.15) is 51.9 Å². The third kappa shape index (κ3) is 2.97. The van der Waals surface area contributed by atoms with Crippen molar-refractivity contribution in [3.8, 4) is 0 Å². The van der Waals surface area contributed by atoms with Gasteiger partial charge < -0.3 is 10.4 Å². The molecule has 2 rings (SSSR count). The smallest absolute Gasteiger partial charge is 0.223 e. The van der Waals surface area contributed by atoms with Gasteiger partial charge in [-0.05, 0) is 31.6 Å². The minimum Gasteiger partial charge on any atom is -0.391 e. The summed E-state index contributed by atoms with van der Waals surface area (Å²) < 4.78 is 0. The van der Waals surface area contributed by atoms with Gasteiger partial charge in [-0.3, -0.25) is 4.79 Å². The van der Waals surface area contributed by atoms with Crippen LogP contribution in [-0.2, 0) is 4.79 Å². The molecule has 0 aliphatic heterocycles. The lowest BCUT2D eigenvalue weighted by Crippen LogP contribution is -2.45. The number of nitrogens with one attached hydrogen (secondary N) is 1. The highest BCUT2D eigenvalue weighted by Crippen LogP contribution is 2.36.